The molecule has 0 fully saturated rings. The fraction of sp³-hybridized carbons (Fsp3) is 0.174. The number of benzene rings is 2. The van der Waals surface area contributed by atoms with Crippen molar-refractivity contribution in [3.63, 3.8) is 0 Å². The standard InChI is InChI=1S/C23H21FN4O2/c1-15-8-13-19-21(25-15)28(18-11-9-17(24)10-12-18)22(26-19)27-20(29)14-23(2,30)16-6-4-3-5-7-16/h3-13,30H,14H2,1-2H3,(H,26,27,29)/t23-/m0/s1. The van der Waals surface area contributed by atoms with Gasteiger partial charge >= 0.3 is 0 Å². The first-order valence-electron chi connectivity index (χ1n) is 9.53. The molecule has 1 amide bonds. The lowest BCUT2D eigenvalue weighted by Crippen LogP contribution is -2.29. The summed E-state index contributed by atoms with van der Waals surface area (Å²) >= 11 is 0. The van der Waals surface area contributed by atoms with Crippen molar-refractivity contribution in [3.05, 3.63) is 83.8 Å². The summed E-state index contributed by atoms with van der Waals surface area (Å²) in [5.41, 5.74) is 1.84. The molecule has 0 saturated heterocycles. The fourth-order valence-corrected chi connectivity index (χ4v) is 3.35. The van der Waals surface area contributed by atoms with E-state index in [1.165, 1.54) is 12.1 Å². The van der Waals surface area contributed by atoms with Gasteiger partial charge < -0.3 is 5.11 Å². The van der Waals surface area contributed by atoms with Crippen molar-refractivity contribution in [2.24, 2.45) is 0 Å². The van der Waals surface area contributed by atoms with Crippen LogP contribution in [0.25, 0.3) is 16.9 Å². The zero-order valence-corrected chi connectivity index (χ0v) is 16.6. The molecule has 0 bridgehead atoms. The molecular weight excluding hydrogens is 383 g/mol. The molecule has 152 valence electrons. The highest BCUT2D eigenvalue weighted by atomic mass is 19.1. The maximum absolute atomic E-state index is 13.4. The second-order valence-corrected chi connectivity index (χ2v) is 7.41. The molecule has 2 aromatic carbocycles. The SMILES string of the molecule is Cc1ccc2nc(NC(=O)C[C@](C)(O)c3ccccc3)n(-c3ccc(F)cc3)c2n1. The number of aliphatic hydroxyl groups is 1. The number of carbonyl (C=O) groups is 1. The molecule has 4 aromatic rings. The number of nitrogens with zero attached hydrogens (tertiary/aromatic N) is 3. The fourth-order valence-electron chi connectivity index (χ4n) is 3.35. The molecule has 0 radical (unpaired) electrons. The Bertz CT molecular complexity index is 1200. The zero-order valence-electron chi connectivity index (χ0n) is 16.6. The summed E-state index contributed by atoms with van der Waals surface area (Å²) in [6.07, 6.45) is -0.157. The maximum atomic E-state index is 13.4. The number of hydrogen-bond donors (Lipinski definition) is 2. The molecule has 0 aliphatic rings. The second kappa shape index (κ2) is 7.68. The van der Waals surface area contributed by atoms with Crippen LogP contribution in [0.3, 0.4) is 0 Å². The lowest BCUT2D eigenvalue weighted by atomic mass is 9.92. The van der Waals surface area contributed by atoms with Gasteiger partial charge in [-0.05, 0) is 55.8 Å². The number of imidazole rings is 1. The summed E-state index contributed by atoms with van der Waals surface area (Å²) in [7, 11) is 0. The summed E-state index contributed by atoms with van der Waals surface area (Å²) in [6.45, 7) is 3.45. The number of amides is 1. The van der Waals surface area contributed by atoms with Gasteiger partial charge in [0.1, 0.15) is 11.3 Å². The molecule has 1 atom stereocenters. The monoisotopic (exact) mass is 404 g/mol. The topological polar surface area (TPSA) is 80.0 Å². The number of carbonyl (C=O) groups excluding carboxylic acids is 1. The maximum Gasteiger partial charge on any atom is 0.229 e. The quantitative estimate of drug-likeness (QED) is 0.525. The first-order valence-corrected chi connectivity index (χ1v) is 9.53. The Kier molecular flexibility index (Phi) is 5.05. The summed E-state index contributed by atoms with van der Waals surface area (Å²) in [5.74, 6) is -0.514. The van der Waals surface area contributed by atoms with Crippen molar-refractivity contribution in [2.75, 3.05) is 5.32 Å². The summed E-state index contributed by atoms with van der Waals surface area (Å²) in [5, 5.41) is 13.6. The van der Waals surface area contributed by atoms with Crippen molar-refractivity contribution in [3.8, 4) is 5.69 Å². The van der Waals surface area contributed by atoms with Crippen LogP contribution in [-0.4, -0.2) is 25.5 Å². The van der Waals surface area contributed by atoms with E-state index in [-0.39, 0.29) is 18.2 Å². The van der Waals surface area contributed by atoms with E-state index in [2.05, 4.69) is 15.3 Å². The molecule has 0 unspecified atom stereocenters. The average Bonchev–Trinajstić information content (AvgIpc) is 3.05. The summed E-state index contributed by atoms with van der Waals surface area (Å²) < 4.78 is 15.1. The molecule has 2 heterocycles. The van der Waals surface area contributed by atoms with Crippen LogP contribution < -0.4 is 5.32 Å². The molecular formula is C23H21FN4O2. The molecule has 6 nitrogen and oxygen atoms in total. The highest BCUT2D eigenvalue weighted by molar-refractivity contribution is 5.92. The van der Waals surface area contributed by atoms with Gasteiger partial charge in [0.2, 0.25) is 11.9 Å². The number of pyridine rings is 1. The Morgan fingerprint density at radius 1 is 1.07 bits per heavy atom. The van der Waals surface area contributed by atoms with Gasteiger partial charge in [-0.25, -0.2) is 14.4 Å². The Hall–Kier alpha value is -3.58. The van der Waals surface area contributed by atoms with Crippen molar-refractivity contribution < 1.29 is 14.3 Å². The molecule has 2 N–H and O–H groups in total. The summed E-state index contributed by atoms with van der Waals surface area (Å²) in [4.78, 5) is 21.8. The Labute approximate surface area is 173 Å². The number of halogens is 1. The van der Waals surface area contributed by atoms with Crippen LogP contribution in [0, 0.1) is 12.7 Å². The minimum absolute atomic E-state index is 0.157. The van der Waals surface area contributed by atoms with Gasteiger partial charge in [-0.3, -0.25) is 14.7 Å². The molecule has 0 saturated carbocycles. The molecule has 0 aliphatic heterocycles. The van der Waals surface area contributed by atoms with Gasteiger partial charge in [0.15, 0.2) is 5.65 Å². The van der Waals surface area contributed by atoms with Crippen molar-refractivity contribution in [1.29, 1.82) is 0 Å². The number of aromatic nitrogens is 3. The normalized spacial score (nSPS) is 13.2. The number of hydrogen-bond acceptors (Lipinski definition) is 4. The van der Waals surface area contributed by atoms with E-state index < -0.39 is 11.5 Å². The third-order valence-corrected chi connectivity index (χ3v) is 4.88. The Morgan fingerprint density at radius 3 is 2.47 bits per heavy atom. The second-order valence-electron chi connectivity index (χ2n) is 7.41. The molecule has 0 aliphatic carbocycles. The van der Waals surface area contributed by atoms with E-state index in [0.29, 0.717) is 22.4 Å². The van der Waals surface area contributed by atoms with Crippen LogP contribution in [0.4, 0.5) is 10.3 Å². The first kappa shape index (κ1) is 19.7. The molecule has 0 spiro atoms. The van der Waals surface area contributed by atoms with Crippen molar-refractivity contribution in [2.45, 2.75) is 25.9 Å². The molecule has 7 heteroatoms. The Balaban J connectivity index is 1.69. The van der Waals surface area contributed by atoms with Crippen molar-refractivity contribution >= 4 is 23.0 Å². The molecule has 4 rings (SSSR count). The van der Waals surface area contributed by atoms with Gasteiger partial charge in [-0.15, -0.1) is 0 Å². The number of nitrogens with one attached hydrogen (secondary N) is 1. The minimum atomic E-state index is -1.34. The van der Waals surface area contributed by atoms with Gasteiger partial charge in [0, 0.05) is 5.69 Å². The number of anilines is 1. The van der Waals surface area contributed by atoms with Gasteiger partial charge in [0.25, 0.3) is 0 Å². The van der Waals surface area contributed by atoms with E-state index in [9.17, 15) is 14.3 Å². The molecule has 30 heavy (non-hydrogen) atoms. The Morgan fingerprint density at radius 2 is 1.77 bits per heavy atom. The third kappa shape index (κ3) is 3.92. The highest BCUT2D eigenvalue weighted by Gasteiger charge is 2.27. The van der Waals surface area contributed by atoms with E-state index in [0.717, 1.165) is 5.69 Å². The number of fused-ring (bicyclic) bond motifs is 1. The summed E-state index contributed by atoms with van der Waals surface area (Å²) in [6, 6.07) is 18.5. The lowest BCUT2D eigenvalue weighted by Gasteiger charge is -2.23. The zero-order chi connectivity index (χ0) is 21.3. The minimum Gasteiger partial charge on any atom is -0.385 e. The smallest absolute Gasteiger partial charge is 0.229 e. The van der Waals surface area contributed by atoms with E-state index in [1.54, 1.807) is 35.8 Å². The van der Waals surface area contributed by atoms with Crippen LogP contribution in [-0.2, 0) is 10.4 Å². The third-order valence-electron chi connectivity index (χ3n) is 4.88. The van der Waals surface area contributed by atoms with Crippen LogP contribution in [0.2, 0.25) is 0 Å². The van der Waals surface area contributed by atoms with Crippen LogP contribution in [0.5, 0.6) is 0 Å². The van der Waals surface area contributed by atoms with Gasteiger partial charge in [-0.1, -0.05) is 30.3 Å². The van der Waals surface area contributed by atoms with Gasteiger partial charge in [-0.2, -0.15) is 0 Å². The van der Waals surface area contributed by atoms with Crippen LogP contribution in [0.1, 0.15) is 24.6 Å². The van der Waals surface area contributed by atoms with Gasteiger partial charge in [0.05, 0.1) is 17.7 Å². The average molecular weight is 404 g/mol. The molecule has 2 aromatic heterocycles. The number of rotatable bonds is 5. The predicted octanol–water partition coefficient (Wildman–Crippen LogP) is 4.10. The van der Waals surface area contributed by atoms with Crippen LogP contribution >= 0.6 is 0 Å². The largest absolute Gasteiger partial charge is 0.385 e. The number of aryl methyl sites for hydroxylation is 1. The first-order chi connectivity index (χ1) is 14.3. The van der Waals surface area contributed by atoms with E-state index in [4.69, 9.17) is 0 Å². The van der Waals surface area contributed by atoms with Crippen LogP contribution in [0.15, 0.2) is 66.7 Å². The lowest BCUT2D eigenvalue weighted by molar-refractivity contribution is -0.120. The predicted molar refractivity (Wildman–Crippen MR) is 113 cm³/mol. The van der Waals surface area contributed by atoms with E-state index >= 15 is 0 Å². The van der Waals surface area contributed by atoms with E-state index in [1.807, 2.05) is 37.3 Å². The van der Waals surface area contributed by atoms with Crippen molar-refractivity contribution in [1.82, 2.24) is 14.5 Å². The highest BCUT2D eigenvalue weighted by Crippen LogP contribution is 2.27.